The molecule has 0 bridgehead atoms. The Labute approximate surface area is 119 Å². The van der Waals surface area contributed by atoms with E-state index in [0.717, 1.165) is 15.3 Å². The number of alkyl halides is 1. The summed E-state index contributed by atoms with van der Waals surface area (Å²) in [7, 11) is 0. The third-order valence-electron chi connectivity index (χ3n) is 2.75. The third kappa shape index (κ3) is 3.20. The predicted molar refractivity (Wildman–Crippen MR) is 79.1 cm³/mol. The molecule has 18 heavy (non-hydrogen) atoms. The summed E-state index contributed by atoms with van der Waals surface area (Å²) in [5.41, 5.74) is 1.14. The zero-order valence-electron chi connectivity index (χ0n) is 9.79. The third-order valence-corrected chi connectivity index (χ3v) is 4.41. The molecule has 4 heteroatoms. The first-order valence-corrected chi connectivity index (χ1v) is 7.73. The van der Waals surface area contributed by atoms with E-state index in [1.54, 1.807) is 0 Å². The molecule has 2 atom stereocenters. The average molecular weight is 327 g/mol. The zero-order chi connectivity index (χ0) is 13.0. The van der Waals surface area contributed by atoms with Gasteiger partial charge in [-0.2, -0.15) is 0 Å². The van der Waals surface area contributed by atoms with E-state index in [-0.39, 0.29) is 0 Å². The molecule has 0 saturated carbocycles. The van der Waals surface area contributed by atoms with Crippen molar-refractivity contribution in [3.8, 4) is 10.4 Å². The van der Waals surface area contributed by atoms with Crippen LogP contribution in [-0.2, 0) is 0 Å². The molecular formula is C14H15BrO2S. The Kier molecular flexibility index (Phi) is 4.95. The molecular weight excluding hydrogens is 312 g/mol. The van der Waals surface area contributed by atoms with Gasteiger partial charge in [0.25, 0.3) is 0 Å². The molecule has 1 heterocycles. The molecule has 0 amide bonds. The van der Waals surface area contributed by atoms with E-state index < -0.39 is 12.2 Å². The van der Waals surface area contributed by atoms with Crippen molar-refractivity contribution < 1.29 is 10.2 Å². The van der Waals surface area contributed by atoms with Gasteiger partial charge < -0.3 is 10.2 Å². The van der Waals surface area contributed by atoms with Crippen molar-refractivity contribution in [2.24, 2.45) is 0 Å². The molecule has 0 aliphatic carbocycles. The number of rotatable bonds is 5. The molecule has 96 valence electrons. The molecule has 0 aliphatic rings. The molecule has 0 fully saturated rings. The van der Waals surface area contributed by atoms with Crippen LogP contribution in [0, 0.1) is 0 Å². The average Bonchev–Trinajstić information content (AvgIpc) is 2.89. The molecule has 2 aromatic rings. The number of halogens is 1. The number of hydrogen-bond acceptors (Lipinski definition) is 3. The van der Waals surface area contributed by atoms with Crippen LogP contribution in [0.5, 0.6) is 0 Å². The molecule has 0 aliphatic heterocycles. The van der Waals surface area contributed by atoms with Gasteiger partial charge in [-0.25, -0.2) is 0 Å². The smallest absolute Gasteiger partial charge is 0.114 e. The van der Waals surface area contributed by atoms with Crippen LogP contribution in [0.4, 0.5) is 0 Å². The van der Waals surface area contributed by atoms with Gasteiger partial charge in [0.05, 0.1) is 6.10 Å². The lowest BCUT2D eigenvalue weighted by Crippen LogP contribution is -2.17. The predicted octanol–water partition coefficient (Wildman–Crippen LogP) is 3.59. The fourth-order valence-electron chi connectivity index (χ4n) is 1.73. The summed E-state index contributed by atoms with van der Waals surface area (Å²) in [6.07, 6.45) is -0.976. The van der Waals surface area contributed by atoms with Gasteiger partial charge in [-0.15, -0.1) is 11.3 Å². The Balaban J connectivity index is 2.15. The maximum Gasteiger partial charge on any atom is 0.114 e. The van der Waals surface area contributed by atoms with Crippen LogP contribution in [0.25, 0.3) is 10.4 Å². The lowest BCUT2D eigenvalue weighted by Gasteiger charge is -2.14. The van der Waals surface area contributed by atoms with Crippen LogP contribution in [0.2, 0.25) is 0 Å². The van der Waals surface area contributed by atoms with E-state index in [0.29, 0.717) is 11.8 Å². The normalized spacial score (nSPS) is 14.4. The summed E-state index contributed by atoms with van der Waals surface area (Å²) < 4.78 is 0. The number of aliphatic hydroxyl groups excluding tert-OH is 2. The van der Waals surface area contributed by atoms with Crippen molar-refractivity contribution in [1.82, 2.24) is 0 Å². The minimum Gasteiger partial charge on any atom is -0.390 e. The molecule has 1 aromatic carbocycles. The minimum absolute atomic E-state index is 0.541. The fraction of sp³-hybridized carbons (Fsp3) is 0.286. The Morgan fingerprint density at radius 2 is 1.78 bits per heavy atom. The Morgan fingerprint density at radius 3 is 2.44 bits per heavy atom. The molecule has 0 radical (unpaired) electrons. The van der Waals surface area contributed by atoms with Crippen molar-refractivity contribution in [1.29, 1.82) is 0 Å². The van der Waals surface area contributed by atoms with Crippen LogP contribution in [0.3, 0.4) is 0 Å². The second-order valence-corrected chi connectivity index (χ2v) is 5.97. The topological polar surface area (TPSA) is 40.5 Å². The zero-order valence-corrected chi connectivity index (χ0v) is 12.2. The van der Waals surface area contributed by atoms with Gasteiger partial charge >= 0.3 is 0 Å². The maximum absolute atomic E-state index is 10.0. The summed E-state index contributed by atoms with van der Waals surface area (Å²) in [4.78, 5) is 1.91. The van der Waals surface area contributed by atoms with Crippen LogP contribution in [-0.4, -0.2) is 21.6 Å². The minimum atomic E-state index is -0.801. The van der Waals surface area contributed by atoms with Gasteiger partial charge in [0, 0.05) is 15.1 Å². The summed E-state index contributed by atoms with van der Waals surface area (Å²) in [6.45, 7) is 0. The molecule has 0 spiro atoms. The van der Waals surface area contributed by atoms with Crippen LogP contribution in [0.15, 0.2) is 42.5 Å². The molecule has 2 unspecified atom stereocenters. The number of thiophene rings is 1. The second-order valence-electron chi connectivity index (χ2n) is 4.06. The van der Waals surface area contributed by atoms with E-state index in [1.807, 2.05) is 42.5 Å². The van der Waals surface area contributed by atoms with Crippen LogP contribution in [0.1, 0.15) is 17.4 Å². The molecule has 2 N–H and O–H groups in total. The lowest BCUT2D eigenvalue weighted by atomic mass is 10.1. The summed E-state index contributed by atoms with van der Waals surface area (Å²) in [6, 6.07) is 13.9. The Hall–Kier alpha value is -0.680. The quantitative estimate of drug-likeness (QED) is 0.824. The second kappa shape index (κ2) is 6.48. The van der Waals surface area contributed by atoms with E-state index in [2.05, 4.69) is 15.9 Å². The highest BCUT2D eigenvalue weighted by Crippen LogP contribution is 2.33. The summed E-state index contributed by atoms with van der Waals surface area (Å²) in [5, 5.41) is 20.5. The molecule has 0 saturated heterocycles. The largest absolute Gasteiger partial charge is 0.390 e. The lowest BCUT2D eigenvalue weighted by molar-refractivity contribution is 0.0195. The van der Waals surface area contributed by atoms with Crippen molar-refractivity contribution in [3.05, 3.63) is 47.3 Å². The number of aliphatic hydroxyl groups is 2. The molecule has 2 nitrogen and oxygen atoms in total. The number of benzene rings is 1. The fourth-order valence-corrected chi connectivity index (χ4v) is 3.26. The first kappa shape index (κ1) is 13.7. The van der Waals surface area contributed by atoms with Gasteiger partial charge in [0.2, 0.25) is 0 Å². The Morgan fingerprint density at radius 1 is 1.06 bits per heavy atom. The van der Waals surface area contributed by atoms with Gasteiger partial charge in [-0.05, 0) is 24.1 Å². The van der Waals surface area contributed by atoms with Crippen LogP contribution < -0.4 is 0 Å². The SMILES string of the molecule is OC(CCBr)C(O)c1ccc(-c2ccccc2)s1. The highest BCUT2D eigenvalue weighted by molar-refractivity contribution is 9.09. The van der Waals surface area contributed by atoms with Crippen molar-refractivity contribution >= 4 is 27.3 Å². The monoisotopic (exact) mass is 326 g/mol. The van der Waals surface area contributed by atoms with Crippen molar-refractivity contribution in [3.63, 3.8) is 0 Å². The van der Waals surface area contributed by atoms with E-state index in [1.165, 1.54) is 11.3 Å². The highest BCUT2D eigenvalue weighted by atomic mass is 79.9. The highest BCUT2D eigenvalue weighted by Gasteiger charge is 2.19. The molecule has 2 rings (SSSR count). The van der Waals surface area contributed by atoms with E-state index >= 15 is 0 Å². The molecule has 1 aromatic heterocycles. The van der Waals surface area contributed by atoms with Gasteiger partial charge in [-0.3, -0.25) is 0 Å². The summed E-state index contributed by atoms with van der Waals surface area (Å²) in [5.74, 6) is 0. The van der Waals surface area contributed by atoms with Gasteiger partial charge in [0.15, 0.2) is 0 Å². The van der Waals surface area contributed by atoms with Crippen LogP contribution >= 0.6 is 27.3 Å². The van der Waals surface area contributed by atoms with Gasteiger partial charge in [0.1, 0.15) is 6.10 Å². The Bertz CT molecular complexity index is 484. The number of hydrogen-bond donors (Lipinski definition) is 2. The summed E-state index contributed by atoms with van der Waals surface area (Å²) >= 11 is 4.79. The standard InChI is InChI=1S/C14H15BrO2S/c15-9-8-11(16)14(17)13-7-6-12(18-13)10-4-2-1-3-5-10/h1-7,11,14,16-17H,8-9H2. The van der Waals surface area contributed by atoms with Crippen molar-refractivity contribution in [2.45, 2.75) is 18.6 Å². The maximum atomic E-state index is 10.0. The van der Waals surface area contributed by atoms with E-state index in [9.17, 15) is 10.2 Å². The first-order chi connectivity index (χ1) is 8.72. The van der Waals surface area contributed by atoms with Gasteiger partial charge in [-0.1, -0.05) is 46.3 Å². The van der Waals surface area contributed by atoms with Crippen molar-refractivity contribution in [2.75, 3.05) is 5.33 Å². The van der Waals surface area contributed by atoms with E-state index in [4.69, 9.17) is 0 Å². The first-order valence-electron chi connectivity index (χ1n) is 5.79.